The van der Waals surface area contributed by atoms with E-state index in [2.05, 4.69) is 15.0 Å². The zero-order chi connectivity index (χ0) is 15.2. The molecule has 0 saturated heterocycles. The second-order valence-electron chi connectivity index (χ2n) is 4.82. The molecule has 2 rings (SSSR count). The van der Waals surface area contributed by atoms with Crippen molar-refractivity contribution in [3.63, 3.8) is 0 Å². The molecule has 0 aliphatic heterocycles. The van der Waals surface area contributed by atoms with Crippen LogP contribution in [0.3, 0.4) is 0 Å². The minimum absolute atomic E-state index is 0.0109. The van der Waals surface area contributed by atoms with E-state index in [4.69, 9.17) is 0 Å². The summed E-state index contributed by atoms with van der Waals surface area (Å²) in [7, 11) is 0. The molecule has 112 valence electrons. The molecule has 1 heterocycles. The molecule has 0 bridgehead atoms. The number of pyridine rings is 1. The monoisotopic (exact) mass is 292 g/mol. The molecule has 2 atom stereocenters. The summed E-state index contributed by atoms with van der Waals surface area (Å²) in [6.45, 7) is 1.18. The van der Waals surface area contributed by atoms with E-state index in [1.807, 2.05) is 38.1 Å². The largest absolute Gasteiger partial charge is 0.435 e. The maximum atomic E-state index is 12.2. The normalized spacial score (nSPS) is 14.0. The van der Waals surface area contributed by atoms with Crippen LogP contribution in [-0.4, -0.2) is 11.6 Å². The Hall–Kier alpha value is -2.01. The van der Waals surface area contributed by atoms with Crippen molar-refractivity contribution in [1.29, 1.82) is 0 Å². The fourth-order valence-electron chi connectivity index (χ4n) is 2.15. The topological polar surface area (TPSA) is 34.2 Å². The highest BCUT2D eigenvalue weighted by Gasteiger charge is 2.13. The minimum Gasteiger partial charge on any atom is -0.435 e. The van der Waals surface area contributed by atoms with Gasteiger partial charge in [-0.2, -0.15) is 8.78 Å². The summed E-state index contributed by atoms with van der Waals surface area (Å²) in [6.07, 6.45) is 1.75. The van der Waals surface area contributed by atoms with Crippen LogP contribution in [0.15, 0.2) is 48.7 Å². The highest BCUT2D eigenvalue weighted by atomic mass is 19.3. The molecule has 0 saturated carbocycles. The van der Waals surface area contributed by atoms with Crippen molar-refractivity contribution < 1.29 is 13.5 Å². The zero-order valence-electron chi connectivity index (χ0n) is 12.0. The highest BCUT2D eigenvalue weighted by molar-refractivity contribution is 5.30. The van der Waals surface area contributed by atoms with Crippen LogP contribution >= 0.6 is 0 Å². The van der Waals surface area contributed by atoms with Crippen LogP contribution in [0.1, 0.15) is 37.2 Å². The van der Waals surface area contributed by atoms with Crippen LogP contribution in [-0.2, 0) is 0 Å². The molecule has 21 heavy (non-hydrogen) atoms. The fraction of sp³-hybridized carbons (Fsp3) is 0.312. The SMILES string of the molecule is CC(NC(C)c1ccccn1)c1cccc(OC(F)F)c1. The minimum atomic E-state index is -2.81. The second-order valence-corrected chi connectivity index (χ2v) is 4.82. The lowest BCUT2D eigenvalue weighted by Crippen LogP contribution is -2.23. The lowest BCUT2D eigenvalue weighted by Gasteiger charge is -2.20. The van der Waals surface area contributed by atoms with Gasteiger partial charge >= 0.3 is 6.61 Å². The Kier molecular flexibility index (Phi) is 5.22. The number of alkyl halides is 2. The number of nitrogens with zero attached hydrogens (tertiary/aromatic N) is 1. The summed E-state index contributed by atoms with van der Waals surface area (Å²) >= 11 is 0. The van der Waals surface area contributed by atoms with Gasteiger partial charge in [-0.05, 0) is 43.7 Å². The molecule has 3 nitrogen and oxygen atoms in total. The van der Waals surface area contributed by atoms with Gasteiger partial charge in [0, 0.05) is 18.3 Å². The van der Waals surface area contributed by atoms with E-state index in [1.165, 1.54) is 6.07 Å². The molecule has 0 fully saturated rings. The Morgan fingerprint density at radius 1 is 1.05 bits per heavy atom. The van der Waals surface area contributed by atoms with Gasteiger partial charge in [0.2, 0.25) is 0 Å². The molecule has 1 N–H and O–H groups in total. The summed E-state index contributed by atoms with van der Waals surface area (Å²) in [5, 5.41) is 3.39. The van der Waals surface area contributed by atoms with E-state index in [1.54, 1.807) is 18.3 Å². The van der Waals surface area contributed by atoms with Gasteiger partial charge in [-0.25, -0.2) is 0 Å². The first-order valence-corrected chi connectivity index (χ1v) is 6.78. The van der Waals surface area contributed by atoms with Crippen molar-refractivity contribution in [2.75, 3.05) is 0 Å². The van der Waals surface area contributed by atoms with Gasteiger partial charge in [0.25, 0.3) is 0 Å². The van der Waals surface area contributed by atoms with Crippen LogP contribution in [0.5, 0.6) is 5.75 Å². The third-order valence-electron chi connectivity index (χ3n) is 3.21. The van der Waals surface area contributed by atoms with Gasteiger partial charge in [0.05, 0.1) is 5.69 Å². The lowest BCUT2D eigenvalue weighted by molar-refractivity contribution is -0.0499. The Labute approximate surface area is 123 Å². The van der Waals surface area contributed by atoms with Crippen molar-refractivity contribution in [1.82, 2.24) is 10.3 Å². The Bertz CT molecular complexity index is 563. The van der Waals surface area contributed by atoms with E-state index in [0.29, 0.717) is 0 Å². The smallest absolute Gasteiger partial charge is 0.387 e. The second kappa shape index (κ2) is 7.13. The van der Waals surface area contributed by atoms with Crippen LogP contribution in [0.4, 0.5) is 8.78 Å². The van der Waals surface area contributed by atoms with Gasteiger partial charge in [0.1, 0.15) is 5.75 Å². The Morgan fingerprint density at radius 2 is 1.86 bits per heavy atom. The number of nitrogens with one attached hydrogen (secondary N) is 1. The van der Waals surface area contributed by atoms with Crippen LogP contribution in [0.25, 0.3) is 0 Å². The molecule has 2 unspecified atom stereocenters. The third-order valence-corrected chi connectivity index (χ3v) is 3.21. The average Bonchev–Trinajstić information content (AvgIpc) is 2.47. The molecule has 0 spiro atoms. The standard InChI is InChI=1S/C16H18F2N2O/c1-11(20-12(2)15-8-3-4-9-19-15)13-6-5-7-14(10-13)21-16(17)18/h3-12,16,20H,1-2H3. The molecule has 0 radical (unpaired) electrons. The number of rotatable bonds is 6. The lowest BCUT2D eigenvalue weighted by atomic mass is 10.1. The maximum Gasteiger partial charge on any atom is 0.387 e. The van der Waals surface area contributed by atoms with E-state index in [-0.39, 0.29) is 17.8 Å². The van der Waals surface area contributed by atoms with Crippen molar-refractivity contribution in [3.8, 4) is 5.75 Å². The van der Waals surface area contributed by atoms with Gasteiger partial charge in [0.15, 0.2) is 0 Å². The molecule has 0 aliphatic rings. The van der Waals surface area contributed by atoms with Crippen molar-refractivity contribution in [3.05, 3.63) is 59.9 Å². The number of halogens is 2. The summed E-state index contributed by atoms with van der Waals surface area (Å²) in [6, 6.07) is 12.5. The maximum absolute atomic E-state index is 12.2. The van der Waals surface area contributed by atoms with Crippen molar-refractivity contribution in [2.45, 2.75) is 32.5 Å². The number of hydrogen-bond donors (Lipinski definition) is 1. The van der Waals surface area contributed by atoms with Crippen molar-refractivity contribution in [2.24, 2.45) is 0 Å². The molecule has 5 heteroatoms. The highest BCUT2D eigenvalue weighted by Crippen LogP contribution is 2.22. The van der Waals surface area contributed by atoms with Gasteiger partial charge in [-0.3, -0.25) is 4.98 Å². The molecular weight excluding hydrogens is 274 g/mol. The molecule has 0 aliphatic carbocycles. The molecule has 2 aromatic rings. The number of aromatic nitrogens is 1. The van der Waals surface area contributed by atoms with Gasteiger partial charge in [-0.1, -0.05) is 18.2 Å². The first kappa shape index (κ1) is 15.4. The van der Waals surface area contributed by atoms with Crippen molar-refractivity contribution >= 4 is 0 Å². The van der Waals surface area contributed by atoms with Crippen LogP contribution < -0.4 is 10.1 Å². The molecule has 1 aromatic carbocycles. The number of ether oxygens (including phenoxy) is 1. The van der Waals surface area contributed by atoms with Gasteiger partial charge < -0.3 is 10.1 Å². The zero-order valence-corrected chi connectivity index (χ0v) is 12.0. The molecule has 1 aromatic heterocycles. The summed E-state index contributed by atoms with van der Waals surface area (Å²) in [4.78, 5) is 4.30. The predicted molar refractivity (Wildman–Crippen MR) is 77.3 cm³/mol. The Balaban J connectivity index is 2.04. The Morgan fingerprint density at radius 3 is 2.52 bits per heavy atom. The van der Waals surface area contributed by atoms with E-state index >= 15 is 0 Å². The average molecular weight is 292 g/mol. The van der Waals surface area contributed by atoms with E-state index in [0.717, 1.165) is 11.3 Å². The first-order valence-electron chi connectivity index (χ1n) is 6.78. The van der Waals surface area contributed by atoms with Crippen LogP contribution in [0.2, 0.25) is 0 Å². The first-order chi connectivity index (χ1) is 10.1. The van der Waals surface area contributed by atoms with Crippen LogP contribution in [0, 0.1) is 0 Å². The summed E-state index contributed by atoms with van der Waals surface area (Å²) in [5.41, 5.74) is 1.82. The fourth-order valence-corrected chi connectivity index (χ4v) is 2.15. The number of benzene rings is 1. The predicted octanol–water partition coefficient (Wildman–Crippen LogP) is 4.09. The number of hydrogen-bond acceptors (Lipinski definition) is 3. The summed E-state index contributed by atoms with van der Waals surface area (Å²) < 4.78 is 28.9. The van der Waals surface area contributed by atoms with E-state index < -0.39 is 6.61 Å². The summed E-state index contributed by atoms with van der Waals surface area (Å²) in [5.74, 6) is 0.168. The quantitative estimate of drug-likeness (QED) is 0.870. The molecule has 0 amide bonds. The third kappa shape index (κ3) is 4.49. The van der Waals surface area contributed by atoms with Gasteiger partial charge in [-0.15, -0.1) is 0 Å². The van der Waals surface area contributed by atoms with E-state index in [9.17, 15) is 8.78 Å². The molecular formula is C16H18F2N2O.